The van der Waals surface area contributed by atoms with Crippen molar-refractivity contribution in [1.82, 2.24) is 10.2 Å². The largest absolute Gasteiger partial charge is 0.459 e. The summed E-state index contributed by atoms with van der Waals surface area (Å²) in [6, 6.07) is 15.7. The Morgan fingerprint density at radius 2 is 1.49 bits per heavy atom. The van der Waals surface area contributed by atoms with Crippen molar-refractivity contribution in [2.24, 2.45) is 17.8 Å². The van der Waals surface area contributed by atoms with E-state index in [0.29, 0.717) is 17.1 Å². The number of rotatable bonds is 14. The van der Waals surface area contributed by atoms with Crippen LogP contribution in [0.1, 0.15) is 108 Å². The third-order valence-corrected chi connectivity index (χ3v) is 16.6. The maximum absolute atomic E-state index is 14.7. The summed E-state index contributed by atoms with van der Waals surface area (Å²) in [5, 5.41) is 57.8. The van der Waals surface area contributed by atoms with Gasteiger partial charge in [0, 0.05) is 49.7 Å². The lowest BCUT2D eigenvalue weighted by atomic mass is 9.76. The summed E-state index contributed by atoms with van der Waals surface area (Å²) in [5.41, 5.74) is -5.27. The predicted octanol–water partition coefficient (Wildman–Crippen LogP) is 6.93. The Kier molecular flexibility index (Phi) is 21.4. The van der Waals surface area contributed by atoms with E-state index in [-0.39, 0.29) is 38.1 Å². The summed E-state index contributed by atoms with van der Waals surface area (Å²) >= 11 is 1.59. The normalized spacial score (nSPS) is 39.0. The SMILES string of the molecule is CCCSC[C@]1(O)[C@H](C)O[C@@H](O[C@H]2[C@H](C)[C@@H](O[C@@H]3O[C@H](C)C[C@H](N(C)C(=O)Nc4ccccc4)[C@H]3OC(=O)Nc3ccccc3)[C@](C)(O)C[C@@H](C)CN[C@H](C)[C@@H](O)[C@](C)(O)[C@@H](CC)OC(=O)[C@@H]2C)C[C@@]1(C)OC. The molecule has 3 amide bonds. The van der Waals surface area contributed by atoms with E-state index in [2.05, 4.69) is 22.9 Å². The number of amides is 3. The van der Waals surface area contributed by atoms with Crippen molar-refractivity contribution in [1.29, 1.82) is 0 Å². The second-order valence-corrected chi connectivity index (χ2v) is 22.5. The minimum atomic E-state index is -1.89. The van der Waals surface area contributed by atoms with Gasteiger partial charge in [-0.1, -0.05) is 64.1 Å². The van der Waals surface area contributed by atoms with E-state index in [1.54, 1.807) is 109 Å². The van der Waals surface area contributed by atoms with Crippen molar-refractivity contribution in [3.8, 4) is 0 Å². The highest BCUT2D eigenvalue weighted by atomic mass is 32.2. The molecule has 3 aliphatic rings. The Balaban J connectivity index is 1.63. The minimum absolute atomic E-state index is 0.0394. The van der Waals surface area contributed by atoms with Crippen LogP contribution in [-0.4, -0.2) is 165 Å². The number of nitrogens with one attached hydrogen (secondary N) is 3. The molecule has 412 valence electrons. The number of likely N-dealkylation sites (N-methyl/N-ethyl adjacent to an activating group) is 1. The third kappa shape index (κ3) is 14.7. The Morgan fingerprint density at radius 3 is 2.08 bits per heavy atom. The van der Waals surface area contributed by atoms with Crippen molar-refractivity contribution < 1.29 is 68.0 Å². The molecule has 2 aromatic carbocycles. The van der Waals surface area contributed by atoms with Crippen LogP contribution < -0.4 is 16.0 Å². The summed E-state index contributed by atoms with van der Waals surface area (Å²) < 4.78 is 45.8. The number of carbonyl (C=O) groups is 3. The number of hydrogen-bond acceptors (Lipinski definition) is 16. The molecule has 0 spiro atoms. The second-order valence-electron chi connectivity index (χ2n) is 21.4. The van der Waals surface area contributed by atoms with Gasteiger partial charge in [-0.25, -0.2) is 9.59 Å². The molecule has 3 aliphatic heterocycles. The molecular weight excluding hydrogens is 961 g/mol. The molecule has 7 N–H and O–H groups in total. The van der Waals surface area contributed by atoms with Gasteiger partial charge in [0.15, 0.2) is 18.7 Å². The van der Waals surface area contributed by atoms with Crippen LogP contribution in [0.15, 0.2) is 60.7 Å². The third-order valence-electron chi connectivity index (χ3n) is 15.3. The van der Waals surface area contributed by atoms with Crippen LogP contribution in [0.5, 0.6) is 0 Å². The van der Waals surface area contributed by atoms with Crippen molar-refractivity contribution in [2.45, 2.75) is 198 Å². The number of esters is 1. The van der Waals surface area contributed by atoms with Gasteiger partial charge < -0.3 is 69.1 Å². The van der Waals surface area contributed by atoms with E-state index in [0.717, 1.165) is 12.2 Å². The fourth-order valence-electron chi connectivity index (χ4n) is 10.7. The van der Waals surface area contributed by atoms with Gasteiger partial charge in [-0.15, -0.1) is 0 Å². The minimum Gasteiger partial charge on any atom is -0.459 e. The summed E-state index contributed by atoms with van der Waals surface area (Å²) in [6.07, 6.45) is -9.61. The van der Waals surface area contributed by atoms with Gasteiger partial charge in [0.1, 0.15) is 29.0 Å². The first-order valence-corrected chi connectivity index (χ1v) is 27.1. The molecule has 18 atom stereocenters. The molecule has 2 aromatic rings. The first-order valence-electron chi connectivity index (χ1n) is 26.0. The molecule has 0 radical (unpaired) electrons. The number of urea groups is 1. The number of hydrogen-bond donors (Lipinski definition) is 7. The van der Waals surface area contributed by atoms with Crippen LogP contribution in [0.2, 0.25) is 0 Å². The molecule has 3 heterocycles. The van der Waals surface area contributed by atoms with Crippen molar-refractivity contribution >= 4 is 41.2 Å². The molecule has 3 fully saturated rings. The van der Waals surface area contributed by atoms with Crippen LogP contribution >= 0.6 is 11.8 Å². The molecule has 19 heteroatoms. The van der Waals surface area contributed by atoms with Crippen LogP contribution in [0.25, 0.3) is 0 Å². The van der Waals surface area contributed by atoms with Gasteiger partial charge in [0.25, 0.3) is 0 Å². The number of nitrogens with zero attached hydrogens (tertiary/aromatic N) is 1. The Bertz CT molecular complexity index is 2060. The number of methoxy groups -OCH3 is 1. The fraction of sp³-hybridized carbons (Fsp3) is 0.722. The molecule has 0 aliphatic carbocycles. The highest BCUT2D eigenvalue weighted by molar-refractivity contribution is 7.99. The standard InChI is InChI=1S/C54H86N4O14S/c1-14-26-73-31-54(65)37(8)68-42(29-52(54,10)66-13)70-43-34(5)46(51(9,63)28-32(3)30-55-36(7)45(59)53(11,64)41(15-2)69-47(60)35(43)6)72-48-44(71-50(62)57-39-24-20-17-21-25-39)40(27-33(4)67-48)58(12)49(61)56-38-22-18-16-19-23-38/h16-25,32-37,40-46,48,55,59,63-65H,14-15,26-31H2,1-13H3,(H,56,61)(H,57,62)/t32-,33-,34+,35-,36-,37+,40+,41-,42+,43+,44-,45-,46-,48+,51-,52-,53-,54+/m1/s1. The lowest BCUT2D eigenvalue weighted by Crippen LogP contribution is -2.68. The van der Waals surface area contributed by atoms with Gasteiger partial charge in [-0.3, -0.25) is 10.1 Å². The summed E-state index contributed by atoms with van der Waals surface area (Å²) in [5.74, 6) is -2.02. The molecule has 73 heavy (non-hydrogen) atoms. The van der Waals surface area contributed by atoms with Gasteiger partial charge >= 0.3 is 18.1 Å². The number of benzene rings is 2. The monoisotopic (exact) mass is 1050 g/mol. The van der Waals surface area contributed by atoms with Crippen molar-refractivity contribution in [3.05, 3.63) is 60.7 Å². The summed E-state index contributed by atoms with van der Waals surface area (Å²) in [7, 11) is 3.12. The van der Waals surface area contributed by atoms with Crippen LogP contribution in [0, 0.1) is 17.8 Å². The summed E-state index contributed by atoms with van der Waals surface area (Å²) in [4.78, 5) is 44.2. The molecule has 0 saturated carbocycles. The first-order chi connectivity index (χ1) is 34.3. The van der Waals surface area contributed by atoms with Crippen LogP contribution in [0.3, 0.4) is 0 Å². The Labute approximate surface area is 437 Å². The van der Waals surface area contributed by atoms with Gasteiger partial charge in [-0.05, 0) is 117 Å². The molecule has 5 rings (SSSR count). The Hall–Kier alpha value is -3.60. The van der Waals surface area contributed by atoms with Crippen LogP contribution in [0.4, 0.5) is 21.0 Å². The number of para-hydroxylation sites is 2. The number of anilines is 2. The number of aliphatic hydroxyl groups excluding tert-OH is 1. The number of ether oxygens (including phenoxy) is 7. The van der Waals surface area contributed by atoms with Gasteiger partial charge in [-0.2, -0.15) is 11.8 Å². The molecule has 0 bridgehead atoms. The van der Waals surface area contributed by atoms with Crippen LogP contribution in [-0.2, 0) is 38.0 Å². The summed E-state index contributed by atoms with van der Waals surface area (Å²) in [6.45, 7) is 19.6. The fourth-order valence-corrected chi connectivity index (χ4v) is 12.0. The average Bonchev–Trinajstić information content (AvgIpc) is 3.34. The van der Waals surface area contributed by atoms with Gasteiger partial charge in [0.2, 0.25) is 0 Å². The van der Waals surface area contributed by atoms with E-state index < -0.39 is 120 Å². The predicted molar refractivity (Wildman–Crippen MR) is 280 cm³/mol. The molecule has 0 unspecified atom stereocenters. The zero-order valence-electron chi connectivity index (χ0n) is 45.2. The number of aliphatic hydroxyl groups is 4. The van der Waals surface area contributed by atoms with E-state index >= 15 is 0 Å². The topological polar surface area (TPSA) is 236 Å². The van der Waals surface area contributed by atoms with Crippen molar-refractivity contribution in [3.63, 3.8) is 0 Å². The van der Waals surface area contributed by atoms with E-state index in [9.17, 15) is 34.8 Å². The Morgan fingerprint density at radius 1 is 0.877 bits per heavy atom. The quantitative estimate of drug-likeness (QED) is 0.0750. The second kappa shape index (κ2) is 26.0. The van der Waals surface area contributed by atoms with Crippen molar-refractivity contribution in [2.75, 3.05) is 42.8 Å². The zero-order chi connectivity index (χ0) is 54.1. The molecule has 0 aromatic heterocycles. The van der Waals surface area contributed by atoms with E-state index in [1.165, 1.54) is 18.9 Å². The smallest absolute Gasteiger partial charge is 0.412 e. The molecular formula is C54H86N4O14S. The maximum atomic E-state index is 14.7. The first kappa shape index (κ1) is 60.3. The zero-order valence-corrected chi connectivity index (χ0v) is 46.1. The number of cyclic esters (lactones) is 1. The van der Waals surface area contributed by atoms with E-state index in [4.69, 9.17) is 33.2 Å². The van der Waals surface area contributed by atoms with Gasteiger partial charge in [0.05, 0.1) is 42.0 Å². The lowest BCUT2D eigenvalue weighted by molar-refractivity contribution is -0.332. The lowest BCUT2D eigenvalue weighted by Gasteiger charge is -2.53. The highest BCUT2D eigenvalue weighted by Crippen LogP contribution is 2.45. The average molecular weight is 1050 g/mol. The molecule has 3 saturated heterocycles. The molecule has 18 nitrogen and oxygen atoms in total. The highest BCUT2D eigenvalue weighted by Gasteiger charge is 2.59. The number of thioether (sulfide) groups is 1. The van der Waals surface area contributed by atoms with E-state index in [1.807, 2.05) is 32.9 Å². The maximum Gasteiger partial charge on any atom is 0.412 e. The number of carbonyl (C=O) groups excluding carboxylic acids is 3.